The van der Waals surface area contributed by atoms with Crippen LogP contribution < -0.4 is 10.1 Å². The molecule has 2 unspecified atom stereocenters. The first-order valence-corrected chi connectivity index (χ1v) is 6.81. The highest BCUT2D eigenvalue weighted by Gasteiger charge is 2.21. The summed E-state index contributed by atoms with van der Waals surface area (Å²) in [5.74, 6) is 0.681. The van der Waals surface area contributed by atoms with E-state index in [-0.39, 0.29) is 6.10 Å². The van der Waals surface area contributed by atoms with Gasteiger partial charge in [0.25, 0.3) is 0 Å². The molecule has 0 heterocycles. The van der Waals surface area contributed by atoms with Gasteiger partial charge < -0.3 is 15.2 Å². The second-order valence-corrected chi connectivity index (χ2v) is 5.35. The van der Waals surface area contributed by atoms with Crippen molar-refractivity contribution in [1.82, 2.24) is 5.32 Å². The van der Waals surface area contributed by atoms with Gasteiger partial charge in [0, 0.05) is 18.2 Å². The average Bonchev–Trinajstić information content (AvgIpc) is 3.13. The van der Waals surface area contributed by atoms with Gasteiger partial charge >= 0.3 is 0 Å². The Labute approximate surface area is 113 Å². The molecule has 0 radical (unpaired) electrons. The molecule has 1 aliphatic rings. The molecule has 1 aromatic carbocycles. The van der Waals surface area contributed by atoms with Crippen LogP contribution in [-0.2, 0) is 6.54 Å². The molecular weight excluding hydrogens is 250 g/mol. The molecular formula is C14H20ClNO2. The number of aliphatic hydroxyl groups is 1. The van der Waals surface area contributed by atoms with E-state index in [0.717, 1.165) is 12.1 Å². The maximum absolute atomic E-state index is 9.51. The summed E-state index contributed by atoms with van der Waals surface area (Å²) in [5, 5.41) is 13.5. The van der Waals surface area contributed by atoms with E-state index in [1.165, 1.54) is 12.8 Å². The van der Waals surface area contributed by atoms with Crippen molar-refractivity contribution in [2.24, 2.45) is 0 Å². The minimum atomic E-state index is -0.523. The van der Waals surface area contributed by atoms with E-state index in [1.54, 1.807) is 6.92 Å². The summed E-state index contributed by atoms with van der Waals surface area (Å²) >= 11 is 6.17. The summed E-state index contributed by atoms with van der Waals surface area (Å²) in [4.78, 5) is 0. The lowest BCUT2D eigenvalue weighted by Crippen LogP contribution is -2.26. The van der Waals surface area contributed by atoms with E-state index >= 15 is 0 Å². The molecule has 2 atom stereocenters. The molecule has 0 aliphatic heterocycles. The van der Waals surface area contributed by atoms with E-state index in [1.807, 2.05) is 25.1 Å². The Balaban J connectivity index is 2.09. The second kappa shape index (κ2) is 5.91. The van der Waals surface area contributed by atoms with Crippen molar-refractivity contribution in [3.8, 4) is 5.75 Å². The van der Waals surface area contributed by atoms with Crippen molar-refractivity contribution in [3.63, 3.8) is 0 Å². The van der Waals surface area contributed by atoms with E-state index in [9.17, 15) is 5.11 Å². The molecule has 0 amide bonds. The molecule has 0 bridgehead atoms. The number of benzene rings is 1. The van der Waals surface area contributed by atoms with Crippen LogP contribution in [0, 0.1) is 0 Å². The van der Waals surface area contributed by atoms with Gasteiger partial charge in [-0.15, -0.1) is 0 Å². The minimum Gasteiger partial charge on any atom is -0.486 e. The Morgan fingerprint density at radius 1 is 1.44 bits per heavy atom. The predicted molar refractivity (Wildman–Crippen MR) is 73.1 cm³/mol. The average molecular weight is 270 g/mol. The van der Waals surface area contributed by atoms with E-state index in [4.69, 9.17) is 16.3 Å². The number of halogens is 1. The Morgan fingerprint density at radius 3 is 2.78 bits per heavy atom. The van der Waals surface area contributed by atoms with Crippen LogP contribution in [0.4, 0.5) is 0 Å². The fraction of sp³-hybridized carbons (Fsp3) is 0.571. The molecule has 100 valence electrons. The number of nitrogens with one attached hydrogen (secondary N) is 1. The fourth-order valence-corrected chi connectivity index (χ4v) is 1.89. The lowest BCUT2D eigenvalue weighted by Gasteiger charge is -2.20. The maximum atomic E-state index is 9.51. The molecule has 18 heavy (non-hydrogen) atoms. The Kier molecular flexibility index (Phi) is 4.49. The van der Waals surface area contributed by atoms with Gasteiger partial charge in [-0.3, -0.25) is 0 Å². The molecule has 1 fully saturated rings. The van der Waals surface area contributed by atoms with E-state index in [2.05, 4.69) is 5.32 Å². The number of ether oxygens (including phenoxy) is 1. The summed E-state index contributed by atoms with van der Waals surface area (Å²) in [6.07, 6.45) is 1.71. The van der Waals surface area contributed by atoms with E-state index < -0.39 is 6.10 Å². The van der Waals surface area contributed by atoms with Crippen LogP contribution in [0.3, 0.4) is 0 Å². The normalized spacial score (nSPS) is 18.4. The van der Waals surface area contributed by atoms with Crippen molar-refractivity contribution in [3.05, 3.63) is 28.8 Å². The van der Waals surface area contributed by atoms with Crippen molar-refractivity contribution >= 4 is 11.6 Å². The maximum Gasteiger partial charge on any atom is 0.142 e. The molecule has 2 N–H and O–H groups in total. The zero-order chi connectivity index (χ0) is 13.1. The number of hydrogen-bond donors (Lipinski definition) is 2. The number of aliphatic hydroxyl groups excluding tert-OH is 1. The van der Waals surface area contributed by atoms with Crippen LogP contribution in [0.5, 0.6) is 5.75 Å². The third kappa shape index (κ3) is 3.61. The summed E-state index contributed by atoms with van der Waals surface area (Å²) < 4.78 is 5.77. The zero-order valence-corrected chi connectivity index (χ0v) is 11.6. The number of rotatable bonds is 6. The largest absolute Gasteiger partial charge is 0.486 e. The SMILES string of the molecule is CC(O)C(C)Oc1c(Cl)cccc1CNC1CC1. The first kappa shape index (κ1) is 13.7. The molecule has 1 saturated carbocycles. The summed E-state index contributed by atoms with van der Waals surface area (Å²) in [7, 11) is 0. The first-order valence-electron chi connectivity index (χ1n) is 6.43. The summed E-state index contributed by atoms with van der Waals surface area (Å²) in [5.41, 5.74) is 1.04. The second-order valence-electron chi connectivity index (χ2n) is 4.95. The lowest BCUT2D eigenvalue weighted by atomic mass is 10.2. The first-order chi connectivity index (χ1) is 8.58. The Bertz CT molecular complexity index is 405. The zero-order valence-electron chi connectivity index (χ0n) is 10.8. The van der Waals surface area contributed by atoms with Crippen molar-refractivity contribution in [2.75, 3.05) is 0 Å². The molecule has 2 rings (SSSR count). The monoisotopic (exact) mass is 269 g/mol. The fourth-order valence-electron chi connectivity index (χ4n) is 1.65. The quantitative estimate of drug-likeness (QED) is 0.834. The Hall–Kier alpha value is -0.770. The highest BCUT2D eigenvalue weighted by Crippen LogP contribution is 2.31. The van der Waals surface area contributed by atoms with Gasteiger partial charge in [-0.1, -0.05) is 23.7 Å². The Morgan fingerprint density at radius 2 is 2.17 bits per heavy atom. The molecule has 4 heteroatoms. The molecule has 3 nitrogen and oxygen atoms in total. The van der Waals surface area contributed by atoms with Crippen molar-refractivity contribution in [2.45, 2.75) is 51.5 Å². The predicted octanol–water partition coefficient (Wildman–Crippen LogP) is 2.74. The molecule has 0 spiro atoms. The van der Waals surface area contributed by atoms with Gasteiger partial charge in [-0.25, -0.2) is 0 Å². The minimum absolute atomic E-state index is 0.274. The van der Waals surface area contributed by atoms with Crippen LogP contribution in [0.25, 0.3) is 0 Å². The summed E-state index contributed by atoms with van der Waals surface area (Å²) in [6.45, 7) is 4.31. The molecule has 1 aromatic rings. The summed E-state index contributed by atoms with van der Waals surface area (Å²) in [6, 6.07) is 6.38. The van der Waals surface area contributed by atoms with Crippen LogP contribution in [0.15, 0.2) is 18.2 Å². The molecule has 0 aromatic heterocycles. The molecule has 1 aliphatic carbocycles. The topological polar surface area (TPSA) is 41.5 Å². The van der Waals surface area contributed by atoms with Crippen molar-refractivity contribution < 1.29 is 9.84 Å². The van der Waals surface area contributed by atoms with Crippen molar-refractivity contribution in [1.29, 1.82) is 0 Å². The highest BCUT2D eigenvalue weighted by atomic mass is 35.5. The third-order valence-corrected chi connectivity index (χ3v) is 3.49. The van der Waals surface area contributed by atoms with Gasteiger partial charge in [0.15, 0.2) is 0 Å². The number of hydrogen-bond acceptors (Lipinski definition) is 3. The van der Waals surface area contributed by atoms with Crippen LogP contribution in [0.2, 0.25) is 5.02 Å². The van der Waals surface area contributed by atoms with E-state index in [0.29, 0.717) is 16.8 Å². The van der Waals surface area contributed by atoms with Crippen LogP contribution in [0.1, 0.15) is 32.3 Å². The third-order valence-electron chi connectivity index (χ3n) is 3.19. The van der Waals surface area contributed by atoms with Gasteiger partial charge in [-0.2, -0.15) is 0 Å². The highest BCUT2D eigenvalue weighted by molar-refractivity contribution is 6.32. The standard InChI is InChI=1S/C14H20ClNO2/c1-9(17)10(2)18-14-11(4-3-5-13(14)15)8-16-12-6-7-12/h3-5,9-10,12,16-17H,6-8H2,1-2H3. The lowest BCUT2D eigenvalue weighted by molar-refractivity contribution is 0.0598. The van der Waals surface area contributed by atoms with Crippen LogP contribution >= 0.6 is 11.6 Å². The van der Waals surface area contributed by atoms with Crippen LogP contribution in [-0.4, -0.2) is 23.4 Å². The van der Waals surface area contributed by atoms with Gasteiger partial charge in [0.1, 0.15) is 11.9 Å². The number of para-hydroxylation sites is 1. The van der Waals surface area contributed by atoms with Gasteiger partial charge in [-0.05, 0) is 32.8 Å². The van der Waals surface area contributed by atoms with Gasteiger partial charge in [0.05, 0.1) is 11.1 Å². The smallest absolute Gasteiger partial charge is 0.142 e. The molecule has 0 saturated heterocycles. The van der Waals surface area contributed by atoms with Gasteiger partial charge in [0.2, 0.25) is 0 Å².